The maximum Gasteiger partial charge on any atom is 0.269 e. The van der Waals surface area contributed by atoms with Gasteiger partial charge in [0.05, 0.1) is 0 Å². The number of rotatable bonds is 4. The van der Waals surface area contributed by atoms with Crippen LogP contribution in [-0.4, -0.2) is 42.5 Å². The molecule has 0 spiro atoms. The van der Waals surface area contributed by atoms with Gasteiger partial charge in [0, 0.05) is 19.3 Å². The van der Waals surface area contributed by atoms with Crippen molar-refractivity contribution in [1.29, 1.82) is 0 Å². The lowest BCUT2D eigenvalue weighted by molar-refractivity contribution is 0.0934. The molecule has 1 aromatic heterocycles. The molecule has 2 heterocycles. The van der Waals surface area contributed by atoms with Crippen LogP contribution in [0.1, 0.15) is 28.9 Å². The first-order valence-corrected chi connectivity index (χ1v) is 6.81. The first-order chi connectivity index (χ1) is 9.19. The zero-order chi connectivity index (χ0) is 13.7. The molecule has 1 aromatic rings. The zero-order valence-electron chi connectivity index (χ0n) is 11.4. The highest BCUT2D eigenvalue weighted by Crippen LogP contribution is 2.14. The lowest BCUT2D eigenvalue weighted by Gasteiger charge is -2.28. The van der Waals surface area contributed by atoms with Crippen molar-refractivity contribution < 1.29 is 4.79 Å². The molecular weight excluding hydrogens is 240 g/mol. The van der Waals surface area contributed by atoms with Crippen molar-refractivity contribution >= 4 is 5.91 Å². The summed E-state index contributed by atoms with van der Waals surface area (Å²) in [5, 5.41) is 2.97. The summed E-state index contributed by atoms with van der Waals surface area (Å²) >= 11 is 0. The summed E-state index contributed by atoms with van der Waals surface area (Å²) in [7, 11) is 2.14. The van der Waals surface area contributed by atoms with E-state index in [0.717, 1.165) is 38.0 Å². The van der Waals surface area contributed by atoms with Crippen LogP contribution in [0.15, 0.2) is 18.3 Å². The standard InChI is InChI=1S/C14H22N4O/c1-18-6-4-11(5-7-18)9-17-14(19)13-3-2-12(8-15)10-16-13/h2-3,10-11H,4-9,15H2,1H3,(H,17,19). The summed E-state index contributed by atoms with van der Waals surface area (Å²) in [5.41, 5.74) is 6.90. The Morgan fingerprint density at radius 1 is 1.47 bits per heavy atom. The van der Waals surface area contributed by atoms with Crippen LogP contribution in [-0.2, 0) is 6.54 Å². The highest BCUT2D eigenvalue weighted by Gasteiger charge is 2.17. The van der Waals surface area contributed by atoms with Crippen molar-refractivity contribution in [2.75, 3.05) is 26.7 Å². The average Bonchev–Trinajstić information content (AvgIpc) is 2.46. The number of aromatic nitrogens is 1. The monoisotopic (exact) mass is 262 g/mol. The van der Waals surface area contributed by atoms with Crippen molar-refractivity contribution in [2.45, 2.75) is 19.4 Å². The minimum absolute atomic E-state index is 0.0949. The van der Waals surface area contributed by atoms with Gasteiger partial charge in [-0.3, -0.25) is 9.78 Å². The third-order valence-corrected chi connectivity index (χ3v) is 3.68. The van der Waals surface area contributed by atoms with E-state index < -0.39 is 0 Å². The number of nitrogens with one attached hydrogen (secondary N) is 1. The van der Waals surface area contributed by atoms with Crippen LogP contribution in [0.25, 0.3) is 0 Å². The number of amides is 1. The van der Waals surface area contributed by atoms with Crippen LogP contribution in [0.3, 0.4) is 0 Å². The maximum atomic E-state index is 11.9. The fourth-order valence-electron chi connectivity index (χ4n) is 2.27. The molecule has 5 heteroatoms. The Hall–Kier alpha value is -1.46. The van der Waals surface area contributed by atoms with Gasteiger partial charge in [-0.15, -0.1) is 0 Å². The van der Waals surface area contributed by atoms with Gasteiger partial charge in [0.2, 0.25) is 0 Å². The van der Waals surface area contributed by atoms with Crippen molar-refractivity contribution in [1.82, 2.24) is 15.2 Å². The number of carbonyl (C=O) groups is 1. The summed E-state index contributed by atoms with van der Waals surface area (Å²) in [6.07, 6.45) is 3.96. The lowest BCUT2D eigenvalue weighted by atomic mass is 9.97. The number of hydrogen-bond acceptors (Lipinski definition) is 4. The Morgan fingerprint density at radius 2 is 2.21 bits per heavy atom. The van der Waals surface area contributed by atoms with E-state index in [9.17, 15) is 4.79 Å². The van der Waals surface area contributed by atoms with Crippen molar-refractivity contribution in [3.63, 3.8) is 0 Å². The minimum Gasteiger partial charge on any atom is -0.350 e. The van der Waals surface area contributed by atoms with Crippen molar-refractivity contribution in [3.05, 3.63) is 29.6 Å². The number of nitrogens with zero attached hydrogens (tertiary/aromatic N) is 2. The zero-order valence-corrected chi connectivity index (χ0v) is 11.4. The Labute approximate surface area is 114 Å². The SMILES string of the molecule is CN1CCC(CNC(=O)c2ccc(CN)cn2)CC1. The Kier molecular flexibility index (Phi) is 4.87. The molecule has 0 saturated carbocycles. The molecule has 0 radical (unpaired) electrons. The second-order valence-electron chi connectivity index (χ2n) is 5.21. The molecule has 2 rings (SSSR count). The van der Waals surface area contributed by atoms with Gasteiger partial charge in [-0.1, -0.05) is 6.07 Å². The number of likely N-dealkylation sites (tertiary alicyclic amines) is 1. The Bertz CT molecular complexity index is 410. The first-order valence-electron chi connectivity index (χ1n) is 6.81. The van der Waals surface area contributed by atoms with E-state index in [1.807, 2.05) is 6.07 Å². The second kappa shape index (κ2) is 6.63. The van der Waals surface area contributed by atoms with Crippen LogP contribution in [0.4, 0.5) is 0 Å². The molecule has 0 atom stereocenters. The molecule has 1 amide bonds. The number of piperidine rings is 1. The van der Waals surface area contributed by atoms with Gasteiger partial charge in [0.1, 0.15) is 5.69 Å². The van der Waals surface area contributed by atoms with Crippen LogP contribution >= 0.6 is 0 Å². The normalized spacial score (nSPS) is 17.4. The fraction of sp³-hybridized carbons (Fsp3) is 0.571. The smallest absolute Gasteiger partial charge is 0.269 e. The second-order valence-corrected chi connectivity index (χ2v) is 5.21. The molecule has 3 N–H and O–H groups in total. The van der Waals surface area contributed by atoms with Gasteiger partial charge >= 0.3 is 0 Å². The highest BCUT2D eigenvalue weighted by molar-refractivity contribution is 5.92. The Morgan fingerprint density at radius 3 is 2.79 bits per heavy atom. The topological polar surface area (TPSA) is 71.2 Å². The number of carbonyl (C=O) groups excluding carboxylic acids is 1. The summed E-state index contributed by atoms with van der Waals surface area (Å²) < 4.78 is 0. The minimum atomic E-state index is -0.0949. The van der Waals surface area contributed by atoms with Gasteiger partial charge < -0.3 is 16.0 Å². The van der Waals surface area contributed by atoms with E-state index in [2.05, 4.69) is 22.2 Å². The molecule has 104 valence electrons. The summed E-state index contributed by atoms with van der Waals surface area (Å²) in [4.78, 5) is 18.4. The lowest BCUT2D eigenvalue weighted by Crippen LogP contribution is -2.37. The molecular formula is C14H22N4O. The molecule has 0 aromatic carbocycles. The molecule has 1 fully saturated rings. The van der Waals surface area contributed by atoms with Crippen molar-refractivity contribution in [2.24, 2.45) is 11.7 Å². The highest BCUT2D eigenvalue weighted by atomic mass is 16.1. The molecule has 19 heavy (non-hydrogen) atoms. The molecule has 1 saturated heterocycles. The van der Waals surface area contributed by atoms with E-state index in [-0.39, 0.29) is 5.91 Å². The van der Waals surface area contributed by atoms with Gasteiger partial charge in [-0.25, -0.2) is 0 Å². The molecule has 0 aliphatic carbocycles. The van der Waals surface area contributed by atoms with Gasteiger partial charge in [0.15, 0.2) is 0 Å². The molecule has 1 aliphatic heterocycles. The summed E-state index contributed by atoms with van der Waals surface area (Å²) in [5.74, 6) is 0.492. The largest absolute Gasteiger partial charge is 0.350 e. The van der Waals surface area contributed by atoms with Crippen LogP contribution in [0, 0.1) is 5.92 Å². The van der Waals surface area contributed by atoms with E-state index in [4.69, 9.17) is 5.73 Å². The van der Waals surface area contributed by atoms with Crippen LogP contribution in [0.2, 0.25) is 0 Å². The fourth-order valence-corrected chi connectivity index (χ4v) is 2.27. The van der Waals surface area contributed by atoms with Gasteiger partial charge in [-0.05, 0) is 50.5 Å². The predicted octanol–water partition coefficient (Wildman–Crippen LogP) is 0.612. The number of pyridine rings is 1. The Balaban J connectivity index is 1.80. The quantitative estimate of drug-likeness (QED) is 0.834. The van der Waals surface area contributed by atoms with E-state index in [1.165, 1.54) is 0 Å². The van der Waals surface area contributed by atoms with Crippen LogP contribution in [0.5, 0.6) is 0 Å². The predicted molar refractivity (Wildman–Crippen MR) is 74.7 cm³/mol. The summed E-state index contributed by atoms with van der Waals surface area (Å²) in [6, 6.07) is 3.57. The van der Waals surface area contributed by atoms with Gasteiger partial charge in [0.25, 0.3) is 5.91 Å². The number of hydrogen-bond donors (Lipinski definition) is 2. The van der Waals surface area contributed by atoms with Gasteiger partial charge in [-0.2, -0.15) is 0 Å². The third kappa shape index (κ3) is 4.01. The third-order valence-electron chi connectivity index (χ3n) is 3.68. The summed E-state index contributed by atoms with van der Waals surface area (Å²) in [6.45, 7) is 3.42. The van der Waals surface area contributed by atoms with E-state index >= 15 is 0 Å². The molecule has 0 unspecified atom stereocenters. The maximum absolute atomic E-state index is 11.9. The molecule has 5 nitrogen and oxygen atoms in total. The average molecular weight is 262 g/mol. The van der Waals surface area contributed by atoms with Crippen LogP contribution < -0.4 is 11.1 Å². The van der Waals surface area contributed by atoms with Crippen molar-refractivity contribution in [3.8, 4) is 0 Å². The van der Waals surface area contributed by atoms with E-state index in [0.29, 0.717) is 18.2 Å². The first kappa shape index (κ1) is 14.0. The molecule has 1 aliphatic rings. The molecule has 0 bridgehead atoms. The number of nitrogens with two attached hydrogens (primary N) is 1. The van der Waals surface area contributed by atoms with E-state index in [1.54, 1.807) is 12.3 Å².